The Kier molecular flexibility index (Phi) is 4.22. The molecule has 94 valence electrons. The summed E-state index contributed by atoms with van der Waals surface area (Å²) >= 11 is 6.86. The van der Waals surface area contributed by atoms with Gasteiger partial charge in [-0.1, -0.05) is 35.5 Å². The summed E-state index contributed by atoms with van der Waals surface area (Å²) < 4.78 is 5.31. The summed E-state index contributed by atoms with van der Waals surface area (Å²) in [5, 5.41) is 17.0. The third kappa shape index (κ3) is 3.75. The van der Waals surface area contributed by atoms with Crippen LogP contribution in [0.4, 0.5) is 0 Å². The maximum absolute atomic E-state index is 10.4. The van der Waals surface area contributed by atoms with Gasteiger partial charge in [0.25, 0.3) is 5.22 Å². The van der Waals surface area contributed by atoms with Gasteiger partial charge in [-0.2, -0.15) is 0 Å². The monoisotopic (exact) mass is 284 g/mol. The van der Waals surface area contributed by atoms with Gasteiger partial charge in [-0.15, -0.1) is 10.2 Å². The summed E-state index contributed by atoms with van der Waals surface area (Å²) in [7, 11) is 0. The van der Waals surface area contributed by atoms with E-state index in [4.69, 9.17) is 21.1 Å². The summed E-state index contributed by atoms with van der Waals surface area (Å²) in [5.41, 5.74) is 0.959. The van der Waals surface area contributed by atoms with E-state index in [1.165, 1.54) is 0 Å². The number of carboxylic acids is 1. The topological polar surface area (TPSA) is 76.2 Å². The highest BCUT2D eigenvalue weighted by molar-refractivity contribution is 7.99. The van der Waals surface area contributed by atoms with Crippen LogP contribution in [0.3, 0.4) is 0 Å². The molecule has 0 aliphatic heterocycles. The summed E-state index contributed by atoms with van der Waals surface area (Å²) in [6.45, 7) is 0. The molecule has 18 heavy (non-hydrogen) atoms. The molecule has 0 unspecified atom stereocenters. The van der Waals surface area contributed by atoms with Crippen molar-refractivity contribution in [2.24, 2.45) is 0 Å². The van der Waals surface area contributed by atoms with E-state index in [9.17, 15) is 4.79 Å². The third-order valence-corrected chi connectivity index (χ3v) is 3.05. The normalized spacial score (nSPS) is 10.5. The maximum atomic E-state index is 10.4. The Bertz CT molecular complexity index is 559. The molecule has 1 aromatic heterocycles. The first-order valence-electron chi connectivity index (χ1n) is 5.05. The number of rotatable bonds is 5. The smallest absolute Gasteiger partial charge is 0.314 e. The molecule has 5 nitrogen and oxygen atoms in total. The minimum Gasteiger partial charge on any atom is -0.481 e. The zero-order valence-corrected chi connectivity index (χ0v) is 10.7. The Morgan fingerprint density at radius 1 is 1.44 bits per heavy atom. The molecule has 0 spiro atoms. The van der Waals surface area contributed by atoms with E-state index in [1.54, 1.807) is 6.07 Å². The molecule has 7 heteroatoms. The molecule has 1 aromatic carbocycles. The second-order valence-electron chi connectivity index (χ2n) is 3.45. The first kappa shape index (κ1) is 12.9. The van der Waals surface area contributed by atoms with Crippen LogP contribution < -0.4 is 0 Å². The van der Waals surface area contributed by atoms with E-state index in [-0.39, 0.29) is 11.0 Å². The lowest BCUT2D eigenvalue weighted by Gasteiger charge is -1.97. The van der Waals surface area contributed by atoms with Crippen LogP contribution in [-0.4, -0.2) is 27.0 Å². The molecular formula is C11H9ClN2O3S. The molecule has 2 aromatic rings. The molecule has 0 atom stereocenters. The van der Waals surface area contributed by atoms with Crippen molar-refractivity contribution in [1.82, 2.24) is 10.2 Å². The highest BCUT2D eigenvalue weighted by Crippen LogP contribution is 2.18. The van der Waals surface area contributed by atoms with Crippen molar-refractivity contribution in [3.8, 4) is 0 Å². The first-order chi connectivity index (χ1) is 8.63. The van der Waals surface area contributed by atoms with Gasteiger partial charge >= 0.3 is 5.97 Å². The Hall–Kier alpha value is -1.53. The van der Waals surface area contributed by atoms with Gasteiger partial charge in [0.1, 0.15) is 5.75 Å². The van der Waals surface area contributed by atoms with Crippen LogP contribution in [0.2, 0.25) is 5.02 Å². The highest BCUT2D eigenvalue weighted by atomic mass is 35.5. The highest BCUT2D eigenvalue weighted by Gasteiger charge is 2.09. The molecule has 1 heterocycles. The number of hydrogen-bond donors (Lipinski definition) is 1. The number of benzene rings is 1. The van der Waals surface area contributed by atoms with Crippen molar-refractivity contribution in [1.29, 1.82) is 0 Å². The molecule has 0 aliphatic carbocycles. The quantitative estimate of drug-likeness (QED) is 0.850. The zero-order valence-electron chi connectivity index (χ0n) is 9.17. The van der Waals surface area contributed by atoms with E-state index < -0.39 is 5.97 Å². The number of carboxylic acid groups (broad SMARTS) is 1. The van der Waals surface area contributed by atoms with E-state index in [0.29, 0.717) is 17.3 Å². The number of hydrogen-bond acceptors (Lipinski definition) is 5. The summed E-state index contributed by atoms with van der Waals surface area (Å²) in [6.07, 6.45) is 0.473. The SMILES string of the molecule is O=C(O)CSc1nnc(Cc2cccc(Cl)c2)o1. The van der Waals surface area contributed by atoms with Gasteiger partial charge in [0, 0.05) is 5.02 Å². The van der Waals surface area contributed by atoms with E-state index in [1.807, 2.05) is 18.2 Å². The van der Waals surface area contributed by atoms with Gasteiger partial charge in [-0.05, 0) is 17.7 Å². The summed E-state index contributed by atoms with van der Waals surface area (Å²) in [6, 6.07) is 7.34. The predicted octanol–water partition coefficient (Wildman–Crippen LogP) is 2.49. The van der Waals surface area contributed by atoms with E-state index >= 15 is 0 Å². The van der Waals surface area contributed by atoms with E-state index in [0.717, 1.165) is 17.3 Å². The molecule has 0 fully saturated rings. The number of halogens is 1. The minimum absolute atomic E-state index is 0.0984. The summed E-state index contributed by atoms with van der Waals surface area (Å²) in [4.78, 5) is 10.4. The minimum atomic E-state index is -0.922. The lowest BCUT2D eigenvalue weighted by molar-refractivity contribution is -0.133. The fourth-order valence-corrected chi connectivity index (χ4v) is 2.03. The average molecular weight is 285 g/mol. The Labute approximate surface area is 112 Å². The van der Waals surface area contributed by atoms with Gasteiger partial charge in [0.15, 0.2) is 0 Å². The van der Waals surface area contributed by atoms with Gasteiger partial charge in [0.05, 0.1) is 6.42 Å². The van der Waals surface area contributed by atoms with Crippen LogP contribution in [0.15, 0.2) is 33.9 Å². The predicted molar refractivity (Wildman–Crippen MR) is 66.9 cm³/mol. The second kappa shape index (κ2) is 5.88. The van der Waals surface area contributed by atoms with Crippen LogP contribution in [0.25, 0.3) is 0 Å². The number of thioether (sulfide) groups is 1. The van der Waals surface area contributed by atoms with Crippen LogP contribution in [0.1, 0.15) is 11.5 Å². The number of aromatic nitrogens is 2. The lowest BCUT2D eigenvalue weighted by Crippen LogP contribution is -1.97. The number of nitrogens with zero attached hydrogens (tertiary/aromatic N) is 2. The first-order valence-corrected chi connectivity index (χ1v) is 6.41. The van der Waals surface area contributed by atoms with Crippen LogP contribution >= 0.6 is 23.4 Å². The van der Waals surface area contributed by atoms with Crippen molar-refractivity contribution < 1.29 is 14.3 Å². The van der Waals surface area contributed by atoms with E-state index in [2.05, 4.69) is 10.2 Å². The molecule has 1 N–H and O–H groups in total. The molecular weight excluding hydrogens is 276 g/mol. The molecule has 0 saturated heterocycles. The van der Waals surface area contributed by atoms with Crippen molar-refractivity contribution in [3.63, 3.8) is 0 Å². The zero-order chi connectivity index (χ0) is 13.0. The van der Waals surface area contributed by atoms with Crippen molar-refractivity contribution >= 4 is 29.3 Å². The fourth-order valence-electron chi connectivity index (χ4n) is 1.31. The maximum Gasteiger partial charge on any atom is 0.314 e. The molecule has 0 radical (unpaired) electrons. The molecule has 0 bridgehead atoms. The van der Waals surface area contributed by atoms with Gasteiger partial charge in [-0.25, -0.2) is 0 Å². The van der Waals surface area contributed by atoms with Crippen molar-refractivity contribution in [2.75, 3.05) is 5.75 Å². The van der Waals surface area contributed by atoms with Gasteiger partial charge in [-0.3, -0.25) is 4.79 Å². The van der Waals surface area contributed by atoms with Crippen molar-refractivity contribution in [2.45, 2.75) is 11.6 Å². The molecule has 2 rings (SSSR count). The van der Waals surface area contributed by atoms with Crippen LogP contribution in [0.5, 0.6) is 0 Å². The molecule has 0 aliphatic rings. The molecule has 0 amide bonds. The molecule has 0 saturated carbocycles. The largest absolute Gasteiger partial charge is 0.481 e. The Balaban J connectivity index is 2.00. The number of aliphatic carboxylic acids is 1. The van der Waals surface area contributed by atoms with Crippen LogP contribution in [0, 0.1) is 0 Å². The van der Waals surface area contributed by atoms with Crippen LogP contribution in [-0.2, 0) is 11.2 Å². The average Bonchev–Trinajstić information content (AvgIpc) is 2.74. The standard InChI is InChI=1S/C11H9ClN2O3S/c12-8-3-1-2-7(4-8)5-9-13-14-11(17-9)18-6-10(15)16/h1-4H,5-6H2,(H,15,16). The summed E-state index contributed by atoms with van der Waals surface area (Å²) in [5.74, 6) is -0.585. The third-order valence-electron chi connectivity index (χ3n) is 2.01. The Morgan fingerprint density at radius 3 is 3.00 bits per heavy atom. The lowest BCUT2D eigenvalue weighted by atomic mass is 10.1. The van der Waals surface area contributed by atoms with Gasteiger partial charge < -0.3 is 9.52 Å². The second-order valence-corrected chi connectivity index (χ2v) is 4.81. The fraction of sp³-hybridized carbons (Fsp3) is 0.182. The van der Waals surface area contributed by atoms with Gasteiger partial charge in [0.2, 0.25) is 5.89 Å². The Morgan fingerprint density at radius 2 is 2.28 bits per heavy atom. The number of carbonyl (C=O) groups is 1. The van der Waals surface area contributed by atoms with Crippen molar-refractivity contribution in [3.05, 3.63) is 40.7 Å².